The molecule has 1 fully saturated rings. The lowest BCUT2D eigenvalue weighted by atomic mass is 10.1. The average Bonchev–Trinajstić information content (AvgIpc) is 2.80. The molecule has 1 heterocycles. The largest absolute Gasteiger partial charge is 0.497 e. The van der Waals surface area contributed by atoms with Crippen LogP contribution in [0.5, 0.6) is 5.75 Å². The Bertz CT molecular complexity index is 1020. The number of rotatable bonds is 8. The summed E-state index contributed by atoms with van der Waals surface area (Å²) in [4.78, 5) is 2.22. The third-order valence-electron chi connectivity index (χ3n) is 5.51. The summed E-state index contributed by atoms with van der Waals surface area (Å²) in [6.07, 6.45) is 3.69. The molecule has 0 atom stereocenters. The standard InChI is InChI=1S/C23H32N4O3S2/c1-26(2)22-12-11-20(32(28,29)27-15-5-4-6-16-27)17-21(22)25-23(31)24-14-13-18-7-9-19(30-3)10-8-18/h7-12,17H,4-6,13-16H2,1-3H3,(H2,24,25,31). The Labute approximate surface area is 196 Å². The number of thiocarbonyl (C=S) groups is 1. The van der Waals surface area contributed by atoms with Crippen LogP contribution < -0.4 is 20.3 Å². The van der Waals surface area contributed by atoms with Gasteiger partial charge in [-0.1, -0.05) is 18.6 Å². The van der Waals surface area contributed by atoms with E-state index < -0.39 is 10.0 Å². The Kier molecular flexibility index (Phi) is 8.33. The molecule has 0 unspecified atom stereocenters. The maximum atomic E-state index is 13.1. The lowest BCUT2D eigenvalue weighted by Gasteiger charge is -2.27. The van der Waals surface area contributed by atoms with Crippen LogP contribution in [0, 0.1) is 0 Å². The number of nitrogens with zero attached hydrogens (tertiary/aromatic N) is 2. The molecular weight excluding hydrogens is 444 g/mol. The molecular formula is C23H32N4O3S2. The number of anilines is 2. The van der Waals surface area contributed by atoms with Crippen LogP contribution in [0.1, 0.15) is 24.8 Å². The topological polar surface area (TPSA) is 73.9 Å². The first-order chi connectivity index (χ1) is 15.3. The highest BCUT2D eigenvalue weighted by atomic mass is 32.2. The minimum Gasteiger partial charge on any atom is -0.497 e. The molecule has 0 amide bonds. The van der Waals surface area contributed by atoms with E-state index in [0.29, 0.717) is 30.4 Å². The normalized spacial score (nSPS) is 14.6. The zero-order valence-corrected chi connectivity index (χ0v) is 20.6. The van der Waals surface area contributed by atoms with Crippen molar-refractivity contribution in [1.82, 2.24) is 9.62 Å². The number of nitrogens with one attached hydrogen (secondary N) is 2. The average molecular weight is 477 g/mol. The van der Waals surface area contributed by atoms with Crippen molar-refractivity contribution in [3.05, 3.63) is 48.0 Å². The molecule has 3 rings (SSSR count). The maximum Gasteiger partial charge on any atom is 0.243 e. The van der Waals surface area contributed by atoms with Gasteiger partial charge < -0.3 is 20.3 Å². The summed E-state index contributed by atoms with van der Waals surface area (Å²) in [5.74, 6) is 0.828. The molecule has 1 aliphatic rings. The van der Waals surface area contributed by atoms with Crippen molar-refractivity contribution in [3.8, 4) is 5.75 Å². The highest BCUT2D eigenvalue weighted by molar-refractivity contribution is 7.89. The fourth-order valence-corrected chi connectivity index (χ4v) is 5.45. The van der Waals surface area contributed by atoms with Crippen LogP contribution in [0.4, 0.5) is 11.4 Å². The van der Waals surface area contributed by atoms with Crippen molar-refractivity contribution < 1.29 is 13.2 Å². The molecule has 0 aliphatic carbocycles. The minimum absolute atomic E-state index is 0.286. The molecule has 2 aromatic rings. The lowest BCUT2D eigenvalue weighted by molar-refractivity contribution is 0.346. The van der Waals surface area contributed by atoms with Crippen LogP contribution >= 0.6 is 12.2 Å². The van der Waals surface area contributed by atoms with E-state index in [0.717, 1.165) is 37.1 Å². The number of piperidine rings is 1. The number of methoxy groups -OCH3 is 1. The second kappa shape index (κ2) is 11.0. The fraction of sp³-hybridized carbons (Fsp3) is 0.435. The maximum absolute atomic E-state index is 13.1. The number of hydrogen-bond acceptors (Lipinski definition) is 5. The summed E-state index contributed by atoms with van der Waals surface area (Å²) in [6, 6.07) is 13.1. The minimum atomic E-state index is -3.52. The monoisotopic (exact) mass is 476 g/mol. The number of ether oxygens (including phenoxy) is 1. The van der Waals surface area contributed by atoms with Gasteiger partial charge >= 0.3 is 0 Å². The number of hydrogen-bond donors (Lipinski definition) is 2. The van der Waals surface area contributed by atoms with Crippen molar-refractivity contribution >= 4 is 38.7 Å². The van der Waals surface area contributed by atoms with Crippen LogP contribution in [0.3, 0.4) is 0 Å². The van der Waals surface area contributed by atoms with Crippen molar-refractivity contribution in [2.75, 3.05) is 51.1 Å². The van der Waals surface area contributed by atoms with Crippen molar-refractivity contribution in [3.63, 3.8) is 0 Å². The SMILES string of the molecule is COc1ccc(CCNC(=S)Nc2cc(S(=O)(=O)N3CCCCC3)ccc2N(C)C)cc1. The molecule has 0 spiro atoms. The highest BCUT2D eigenvalue weighted by Gasteiger charge is 2.26. The molecule has 32 heavy (non-hydrogen) atoms. The first-order valence-electron chi connectivity index (χ1n) is 10.8. The van der Waals surface area contributed by atoms with Gasteiger partial charge in [0.2, 0.25) is 10.0 Å². The molecule has 2 N–H and O–H groups in total. The van der Waals surface area contributed by atoms with E-state index in [2.05, 4.69) is 10.6 Å². The van der Waals surface area contributed by atoms with E-state index >= 15 is 0 Å². The zero-order chi connectivity index (χ0) is 23.1. The Morgan fingerprint density at radius 1 is 1.09 bits per heavy atom. The zero-order valence-electron chi connectivity index (χ0n) is 18.9. The van der Waals surface area contributed by atoms with E-state index in [1.165, 1.54) is 5.56 Å². The second-order valence-corrected chi connectivity index (χ2v) is 10.4. The molecule has 0 radical (unpaired) electrons. The molecule has 2 aromatic carbocycles. The molecule has 174 valence electrons. The van der Waals surface area contributed by atoms with Crippen molar-refractivity contribution in [1.29, 1.82) is 0 Å². The molecule has 7 nitrogen and oxygen atoms in total. The molecule has 0 saturated carbocycles. The van der Waals surface area contributed by atoms with E-state index in [9.17, 15) is 8.42 Å². The van der Waals surface area contributed by atoms with Gasteiger partial charge in [0, 0.05) is 33.7 Å². The summed E-state index contributed by atoms with van der Waals surface area (Å²) >= 11 is 5.48. The summed E-state index contributed by atoms with van der Waals surface area (Å²) in [7, 11) is 1.96. The lowest BCUT2D eigenvalue weighted by Crippen LogP contribution is -2.35. The molecule has 9 heteroatoms. The van der Waals surface area contributed by atoms with Gasteiger partial charge in [-0.15, -0.1) is 0 Å². The van der Waals surface area contributed by atoms with Crippen LogP contribution in [0.15, 0.2) is 47.4 Å². The van der Waals surface area contributed by atoms with E-state index in [-0.39, 0.29) is 4.90 Å². The van der Waals surface area contributed by atoms with Gasteiger partial charge in [0.25, 0.3) is 0 Å². The summed E-state index contributed by atoms with van der Waals surface area (Å²) in [6.45, 7) is 1.80. The summed E-state index contributed by atoms with van der Waals surface area (Å²) < 4.78 is 33.0. The first-order valence-corrected chi connectivity index (χ1v) is 12.7. The Hall–Kier alpha value is -2.36. The van der Waals surface area contributed by atoms with Gasteiger partial charge in [-0.25, -0.2) is 8.42 Å². The van der Waals surface area contributed by atoms with Crippen molar-refractivity contribution in [2.24, 2.45) is 0 Å². The quantitative estimate of drug-likeness (QED) is 0.565. The van der Waals surface area contributed by atoms with Gasteiger partial charge in [-0.3, -0.25) is 0 Å². The smallest absolute Gasteiger partial charge is 0.243 e. The Balaban J connectivity index is 1.68. The van der Waals surface area contributed by atoms with E-state index in [1.807, 2.05) is 49.3 Å². The third kappa shape index (κ3) is 6.11. The molecule has 0 aromatic heterocycles. The van der Waals surface area contributed by atoms with Crippen LogP contribution in [0.25, 0.3) is 0 Å². The Morgan fingerprint density at radius 2 is 1.78 bits per heavy atom. The van der Waals surface area contributed by atoms with Crippen molar-refractivity contribution in [2.45, 2.75) is 30.6 Å². The number of benzene rings is 2. The van der Waals surface area contributed by atoms with Gasteiger partial charge in [0.05, 0.1) is 23.4 Å². The molecule has 1 saturated heterocycles. The van der Waals surface area contributed by atoms with Crippen LogP contribution in [-0.4, -0.2) is 58.7 Å². The van der Waals surface area contributed by atoms with Gasteiger partial charge in [-0.2, -0.15) is 4.31 Å². The first kappa shape index (κ1) is 24.3. The summed E-state index contributed by atoms with van der Waals surface area (Å²) in [5, 5.41) is 6.85. The van der Waals surface area contributed by atoms with Crippen LogP contribution in [-0.2, 0) is 16.4 Å². The fourth-order valence-electron chi connectivity index (χ4n) is 3.70. The van der Waals surface area contributed by atoms with Gasteiger partial charge in [-0.05, 0) is 67.4 Å². The highest BCUT2D eigenvalue weighted by Crippen LogP contribution is 2.30. The predicted molar refractivity (Wildman–Crippen MR) is 134 cm³/mol. The van der Waals surface area contributed by atoms with Gasteiger partial charge in [0.1, 0.15) is 5.75 Å². The van der Waals surface area contributed by atoms with E-state index in [1.54, 1.807) is 23.5 Å². The van der Waals surface area contributed by atoms with Gasteiger partial charge in [0.15, 0.2) is 5.11 Å². The second-order valence-electron chi connectivity index (χ2n) is 8.02. The third-order valence-corrected chi connectivity index (χ3v) is 7.65. The van der Waals surface area contributed by atoms with Crippen LogP contribution in [0.2, 0.25) is 0 Å². The Morgan fingerprint density at radius 3 is 2.41 bits per heavy atom. The summed E-state index contributed by atoms with van der Waals surface area (Å²) in [5.41, 5.74) is 2.70. The number of sulfonamides is 1. The molecule has 1 aliphatic heterocycles. The van der Waals surface area contributed by atoms with E-state index in [4.69, 9.17) is 17.0 Å². The molecule has 0 bridgehead atoms. The predicted octanol–water partition coefficient (Wildman–Crippen LogP) is 3.46.